The Morgan fingerprint density at radius 1 is 1.35 bits per heavy atom. The normalized spacial score (nSPS) is 11.4. The Hall–Kier alpha value is 0.0864. The number of carboxylic acids is 1. The van der Waals surface area contributed by atoms with Gasteiger partial charge >= 0.3 is 51.4 Å². The fraction of sp³-hybridized carbons (Fsp3) is 0.417. The van der Waals surface area contributed by atoms with Crippen molar-refractivity contribution in [2.45, 2.75) is 19.4 Å². The van der Waals surface area contributed by atoms with Crippen LogP contribution in [0.4, 0.5) is 0 Å². The van der Waals surface area contributed by atoms with E-state index in [1.54, 1.807) is 26.2 Å². The SMILES string of the molecule is CCOC(Cc1ccc(OC)cc1)C(=O)[O-].[K+]. The number of carboxylic acid groups (broad SMARTS) is 1. The minimum atomic E-state index is -1.18. The van der Waals surface area contributed by atoms with Gasteiger partial charge in [-0.25, -0.2) is 0 Å². The molecule has 0 aliphatic rings. The summed E-state index contributed by atoms with van der Waals surface area (Å²) < 4.78 is 10.1. The average molecular weight is 262 g/mol. The van der Waals surface area contributed by atoms with Crippen LogP contribution in [0.2, 0.25) is 0 Å². The van der Waals surface area contributed by atoms with E-state index in [4.69, 9.17) is 9.47 Å². The molecule has 1 atom stereocenters. The van der Waals surface area contributed by atoms with Crippen LogP contribution < -0.4 is 61.2 Å². The zero-order chi connectivity index (χ0) is 12.0. The molecule has 0 amide bonds. The van der Waals surface area contributed by atoms with Gasteiger partial charge in [-0.15, -0.1) is 0 Å². The Balaban J connectivity index is 0.00000256. The Bertz CT molecular complexity index is 337. The number of hydrogen-bond donors (Lipinski definition) is 0. The van der Waals surface area contributed by atoms with E-state index < -0.39 is 12.1 Å². The summed E-state index contributed by atoms with van der Waals surface area (Å²) in [5, 5.41) is 10.8. The van der Waals surface area contributed by atoms with Crippen molar-refractivity contribution in [2.24, 2.45) is 0 Å². The summed E-state index contributed by atoms with van der Waals surface area (Å²) >= 11 is 0. The van der Waals surface area contributed by atoms with Gasteiger partial charge < -0.3 is 19.4 Å². The number of ether oxygens (including phenoxy) is 2. The first-order valence-corrected chi connectivity index (χ1v) is 5.12. The van der Waals surface area contributed by atoms with Gasteiger partial charge in [-0.1, -0.05) is 12.1 Å². The fourth-order valence-corrected chi connectivity index (χ4v) is 1.39. The van der Waals surface area contributed by atoms with Gasteiger partial charge in [-0.2, -0.15) is 0 Å². The predicted molar refractivity (Wildman–Crippen MR) is 57.1 cm³/mol. The number of hydrogen-bond acceptors (Lipinski definition) is 4. The van der Waals surface area contributed by atoms with Gasteiger partial charge in [-0.05, 0) is 24.6 Å². The number of rotatable bonds is 6. The summed E-state index contributed by atoms with van der Waals surface area (Å²) in [5.41, 5.74) is 0.878. The van der Waals surface area contributed by atoms with Crippen LogP contribution in [-0.2, 0) is 16.0 Å². The van der Waals surface area contributed by atoms with Crippen LogP contribution in [-0.4, -0.2) is 25.8 Å². The molecule has 88 valence electrons. The maximum atomic E-state index is 10.8. The minimum absolute atomic E-state index is 0. The summed E-state index contributed by atoms with van der Waals surface area (Å²) in [5.74, 6) is -0.442. The predicted octanol–water partition coefficient (Wildman–Crippen LogP) is -2.60. The molecule has 0 fully saturated rings. The van der Waals surface area contributed by atoms with Gasteiger partial charge in [0.1, 0.15) is 11.9 Å². The van der Waals surface area contributed by atoms with Crippen LogP contribution in [0.25, 0.3) is 0 Å². The van der Waals surface area contributed by atoms with E-state index in [0.717, 1.165) is 11.3 Å². The van der Waals surface area contributed by atoms with Gasteiger partial charge in [0, 0.05) is 13.0 Å². The summed E-state index contributed by atoms with van der Waals surface area (Å²) in [6.45, 7) is 2.11. The molecular formula is C12H15KO4. The molecule has 0 N–H and O–H groups in total. The van der Waals surface area contributed by atoms with Crippen LogP contribution >= 0.6 is 0 Å². The summed E-state index contributed by atoms with van der Waals surface area (Å²) in [4.78, 5) is 10.8. The molecular weight excluding hydrogens is 247 g/mol. The van der Waals surface area contributed by atoms with Crippen molar-refractivity contribution in [3.05, 3.63) is 29.8 Å². The van der Waals surface area contributed by atoms with Crippen LogP contribution in [0.5, 0.6) is 5.75 Å². The van der Waals surface area contributed by atoms with Crippen molar-refractivity contribution >= 4 is 5.97 Å². The number of carbonyl (C=O) groups excluding carboxylic acids is 1. The Kier molecular flexibility index (Phi) is 9.12. The van der Waals surface area contributed by atoms with Gasteiger partial charge in [0.2, 0.25) is 0 Å². The second kappa shape index (κ2) is 9.07. The molecule has 1 aromatic carbocycles. The van der Waals surface area contributed by atoms with Crippen molar-refractivity contribution in [1.82, 2.24) is 0 Å². The van der Waals surface area contributed by atoms with Gasteiger partial charge in [0.15, 0.2) is 0 Å². The zero-order valence-corrected chi connectivity index (χ0v) is 13.6. The molecule has 0 aromatic heterocycles. The van der Waals surface area contributed by atoms with Crippen LogP contribution in [0.3, 0.4) is 0 Å². The van der Waals surface area contributed by atoms with Gasteiger partial charge in [0.25, 0.3) is 0 Å². The monoisotopic (exact) mass is 262 g/mol. The second-order valence-electron chi connectivity index (χ2n) is 3.32. The van der Waals surface area contributed by atoms with E-state index in [9.17, 15) is 9.90 Å². The molecule has 0 radical (unpaired) electrons. The Morgan fingerprint density at radius 2 is 1.94 bits per heavy atom. The minimum Gasteiger partial charge on any atom is -0.547 e. The molecule has 1 aromatic rings. The first kappa shape index (κ1) is 17.1. The number of carbonyl (C=O) groups is 1. The molecule has 0 saturated heterocycles. The quantitative estimate of drug-likeness (QED) is 0.527. The fourth-order valence-electron chi connectivity index (χ4n) is 1.39. The summed E-state index contributed by atoms with van der Waals surface area (Å²) in [7, 11) is 1.58. The topological polar surface area (TPSA) is 58.6 Å². The molecule has 0 saturated carbocycles. The van der Waals surface area contributed by atoms with Crippen molar-refractivity contribution in [1.29, 1.82) is 0 Å². The molecule has 4 nitrogen and oxygen atoms in total. The molecule has 17 heavy (non-hydrogen) atoms. The van der Waals surface area contributed by atoms with E-state index in [2.05, 4.69) is 0 Å². The molecule has 0 heterocycles. The third kappa shape index (κ3) is 5.99. The van der Waals surface area contributed by atoms with Crippen LogP contribution in [0.1, 0.15) is 12.5 Å². The van der Waals surface area contributed by atoms with Crippen LogP contribution in [0.15, 0.2) is 24.3 Å². The maximum absolute atomic E-state index is 10.8. The van der Waals surface area contributed by atoms with Crippen molar-refractivity contribution in [3.63, 3.8) is 0 Å². The third-order valence-electron chi connectivity index (χ3n) is 2.21. The van der Waals surface area contributed by atoms with Crippen molar-refractivity contribution in [2.75, 3.05) is 13.7 Å². The molecule has 0 spiro atoms. The number of aliphatic carboxylic acids is 1. The third-order valence-corrected chi connectivity index (χ3v) is 2.21. The smallest absolute Gasteiger partial charge is 0.547 e. The van der Waals surface area contributed by atoms with Gasteiger partial charge in [0.05, 0.1) is 13.1 Å². The molecule has 1 unspecified atom stereocenters. The molecule has 0 aliphatic carbocycles. The average Bonchev–Trinajstić information content (AvgIpc) is 2.29. The Labute approximate surface area is 144 Å². The van der Waals surface area contributed by atoms with E-state index in [1.807, 2.05) is 12.1 Å². The van der Waals surface area contributed by atoms with Crippen LogP contribution in [0, 0.1) is 0 Å². The number of methoxy groups -OCH3 is 1. The van der Waals surface area contributed by atoms with Gasteiger partial charge in [-0.3, -0.25) is 0 Å². The molecule has 0 bridgehead atoms. The van der Waals surface area contributed by atoms with Crippen molar-refractivity contribution < 1.29 is 70.8 Å². The maximum Gasteiger partial charge on any atom is 1.00 e. The summed E-state index contributed by atoms with van der Waals surface area (Å²) in [6.07, 6.45) is -0.585. The van der Waals surface area contributed by atoms with E-state index in [1.165, 1.54) is 0 Å². The largest absolute Gasteiger partial charge is 1.00 e. The Morgan fingerprint density at radius 3 is 2.35 bits per heavy atom. The standard InChI is InChI=1S/C12H16O4.K/c1-3-16-11(12(13)14)8-9-4-6-10(15-2)7-5-9;/h4-7,11H,3,8H2,1-2H3,(H,13,14);/q;+1/p-1. The van der Waals surface area contributed by atoms with E-state index in [0.29, 0.717) is 13.0 Å². The first-order valence-electron chi connectivity index (χ1n) is 5.12. The molecule has 0 aliphatic heterocycles. The zero-order valence-electron chi connectivity index (χ0n) is 10.4. The summed E-state index contributed by atoms with van der Waals surface area (Å²) in [6, 6.07) is 7.20. The van der Waals surface area contributed by atoms with E-state index >= 15 is 0 Å². The number of benzene rings is 1. The van der Waals surface area contributed by atoms with Crippen molar-refractivity contribution in [3.8, 4) is 5.75 Å². The second-order valence-corrected chi connectivity index (χ2v) is 3.32. The molecule has 1 rings (SSSR count). The van der Waals surface area contributed by atoms with E-state index in [-0.39, 0.29) is 51.4 Å². The molecule has 5 heteroatoms. The first-order chi connectivity index (χ1) is 7.67.